The SMILES string of the molecule is Cc1ccc(CSCC(=O)NN=C2CCCC2)cc1. The van der Waals surface area contributed by atoms with Crippen LogP contribution in [0.25, 0.3) is 0 Å². The van der Waals surface area contributed by atoms with Crippen molar-refractivity contribution in [2.75, 3.05) is 5.75 Å². The van der Waals surface area contributed by atoms with Crippen LogP contribution in [-0.4, -0.2) is 17.4 Å². The zero-order valence-electron chi connectivity index (χ0n) is 11.3. The first kappa shape index (κ1) is 14.1. The fourth-order valence-electron chi connectivity index (χ4n) is 2.01. The van der Waals surface area contributed by atoms with E-state index in [9.17, 15) is 4.79 Å². The minimum Gasteiger partial charge on any atom is -0.272 e. The average molecular weight is 276 g/mol. The van der Waals surface area contributed by atoms with Crippen molar-refractivity contribution >= 4 is 23.4 Å². The van der Waals surface area contributed by atoms with Crippen molar-refractivity contribution in [3.05, 3.63) is 35.4 Å². The van der Waals surface area contributed by atoms with Gasteiger partial charge < -0.3 is 0 Å². The molecule has 0 heterocycles. The zero-order chi connectivity index (χ0) is 13.5. The Morgan fingerprint density at radius 1 is 1.26 bits per heavy atom. The van der Waals surface area contributed by atoms with Crippen LogP contribution in [0.15, 0.2) is 29.4 Å². The molecule has 4 heteroatoms. The quantitative estimate of drug-likeness (QED) is 0.839. The highest BCUT2D eigenvalue weighted by Gasteiger charge is 2.08. The molecule has 0 aliphatic heterocycles. The van der Waals surface area contributed by atoms with Crippen LogP contribution < -0.4 is 5.43 Å². The van der Waals surface area contributed by atoms with E-state index in [4.69, 9.17) is 0 Å². The summed E-state index contributed by atoms with van der Waals surface area (Å²) < 4.78 is 0. The predicted molar refractivity (Wildman–Crippen MR) is 81.4 cm³/mol. The maximum absolute atomic E-state index is 11.6. The number of hydrazone groups is 1. The van der Waals surface area contributed by atoms with Crippen molar-refractivity contribution in [1.29, 1.82) is 0 Å². The highest BCUT2D eigenvalue weighted by molar-refractivity contribution is 7.99. The van der Waals surface area contributed by atoms with Crippen LogP contribution in [-0.2, 0) is 10.5 Å². The number of amides is 1. The van der Waals surface area contributed by atoms with Crippen molar-refractivity contribution in [2.24, 2.45) is 5.10 Å². The van der Waals surface area contributed by atoms with Gasteiger partial charge >= 0.3 is 0 Å². The molecule has 0 bridgehead atoms. The van der Waals surface area contributed by atoms with Crippen molar-refractivity contribution < 1.29 is 4.79 Å². The zero-order valence-corrected chi connectivity index (χ0v) is 12.1. The molecular formula is C15H20N2OS. The van der Waals surface area contributed by atoms with Crippen LogP contribution in [0.4, 0.5) is 0 Å². The van der Waals surface area contributed by atoms with Crippen LogP contribution in [0, 0.1) is 6.92 Å². The first-order chi connectivity index (χ1) is 9.24. The van der Waals surface area contributed by atoms with Gasteiger partial charge in [0.2, 0.25) is 5.91 Å². The Kier molecular flexibility index (Phi) is 5.45. The number of rotatable bonds is 5. The summed E-state index contributed by atoms with van der Waals surface area (Å²) in [4.78, 5) is 11.6. The molecule has 3 nitrogen and oxygen atoms in total. The number of benzene rings is 1. The van der Waals surface area contributed by atoms with E-state index < -0.39 is 0 Å². The summed E-state index contributed by atoms with van der Waals surface area (Å²) in [5.41, 5.74) is 6.30. The number of carbonyl (C=O) groups excluding carboxylic acids is 1. The summed E-state index contributed by atoms with van der Waals surface area (Å²) in [6, 6.07) is 8.42. The third kappa shape index (κ3) is 5.07. The fourth-order valence-corrected chi connectivity index (χ4v) is 2.79. The monoisotopic (exact) mass is 276 g/mol. The van der Waals surface area contributed by atoms with E-state index in [0.29, 0.717) is 5.75 Å². The van der Waals surface area contributed by atoms with Gasteiger partial charge in [0.1, 0.15) is 0 Å². The minimum absolute atomic E-state index is 0.00323. The predicted octanol–water partition coefficient (Wildman–Crippen LogP) is 3.27. The van der Waals surface area contributed by atoms with Gasteiger partial charge in [-0.3, -0.25) is 4.79 Å². The summed E-state index contributed by atoms with van der Waals surface area (Å²) in [5, 5.41) is 4.16. The maximum atomic E-state index is 11.6. The summed E-state index contributed by atoms with van der Waals surface area (Å²) in [6.07, 6.45) is 4.49. The molecule has 1 amide bonds. The lowest BCUT2D eigenvalue weighted by Crippen LogP contribution is -2.21. The number of thioether (sulfide) groups is 1. The largest absolute Gasteiger partial charge is 0.272 e. The second-order valence-electron chi connectivity index (χ2n) is 4.90. The smallest absolute Gasteiger partial charge is 0.250 e. The number of nitrogens with zero attached hydrogens (tertiary/aromatic N) is 1. The van der Waals surface area contributed by atoms with Gasteiger partial charge in [-0.1, -0.05) is 29.8 Å². The third-order valence-corrected chi connectivity index (χ3v) is 4.15. The molecule has 0 radical (unpaired) electrons. The average Bonchev–Trinajstić information content (AvgIpc) is 2.92. The van der Waals surface area contributed by atoms with Gasteiger partial charge in [0, 0.05) is 11.5 Å². The van der Waals surface area contributed by atoms with Crippen molar-refractivity contribution in [3.8, 4) is 0 Å². The molecule has 0 unspecified atom stereocenters. The van der Waals surface area contributed by atoms with Gasteiger partial charge in [0.25, 0.3) is 0 Å². The summed E-state index contributed by atoms with van der Waals surface area (Å²) >= 11 is 1.62. The van der Waals surface area contributed by atoms with E-state index in [0.717, 1.165) is 24.3 Å². The molecule has 1 aliphatic carbocycles. The Morgan fingerprint density at radius 2 is 1.95 bits per heavy atom. The molecule has 0 aromatic heterocycles. The van der Waals surface area contributed by atoms with Gasteiger partial charge in [0.05, 0.1) is 5.75 Å². The molecule has 1 fully saturated rings. The Morgan fingerprint density at radius 3 is 2.63 bits per heavy atom. The standard InChI is InChI=1S/C15H20N2OS/c1-12-6-8-13(9-7-12)10-19-11-15(18)17-16-14-4-2-3-5-14/h6-9H,2-5,10-11H2,1H3,(H,17,18). The van der Waals surface area contributed by atoms with Crippen LogP contribution in [0.2, 0.25) is 0 Å². The van der Waals surface area contributed by atoms with E-state index in [-0.39, 0.29) is 5.91 Å². The van der Waals surface area contributed by atoms with E-state index in [1.54, 1.807) is 11.8 Å². The van der Waals surface area contributed by atoms with Crippen molar-refractivity contribution in [2.45, 2.75) is 38.4 Å². The highest BCUT2D eigenvalue weighted by Crippen LogP contribution is 2.14. The summed E-state index contributed by atoms with van der Waals surface area (Å²) in [7, 11) is 0. The van der Waals surface area contributed by atoms with Crippen molar-refractivity contribution in [3.63, 3.8) is 0 Å². The summed E-state index contributed by atoms with van der Waals surface area (Å²) in [5.74, 6) is 1.33. The van der Waals surface area contributed by atoms with Crippen LogP contribution in [0.3, 0.4) is 0 Å². The van der Waals surface area contributed by atoms with Crippen molar-refractivity contribution in [1.82, 2.24) is 5.43 Å². The highest BCUT2D eigenvalue weighted by atomic mass is 32.2. The normalized spacial score (nSPS) is 14.5. The molecule has 1 aromatic carbocycles. The molecule has 0 atom stereocenters. The molecule has 0 spiro atoms. The molecular weight excluding hydrogens is 256 g/mol. The molecule has 1 saturated carbocycles. The van der Waals surface area contributed by atoms with Gasteiger partial charge in [0.15, 0.2) is 0 Å². The molecule has 0 saturated heterocycles. The Bertz CT molecular complexity index is 446. The number of carbonyl (C=O) groups is 1. The minimum atomic E-state index is -0.00323. The molecule has 1 N–H and O–H groups in total. The number of hydrogen-bond acceptors (Lipinski definition) is 3. The van der Waals surface area contributed by atoms with Crippen LogP contribution >= 0.6 is 11.8 Å². The van der Waals surface area contributed by atoms with Crippen LogP contribution in [0.1, 0.15) is 36.8 Å². The topological polar surface area (TPSA) is 41.5 Å². The van der Waals surface area contributed by atoms with E-state index in [1.165, 1.54) is 24.0 Å². The molecule has 1 aliphatic rings. The number of nitrogens with one attached hydrogen (secondary N) is 1. The number of hydrogen-bond donors (Lipinski definition) is 1. The van der Waals surface area contributed by atoms with Gasteiger partial charge in [-0.15, -0.1) is 11.8 Å². The maximum Gasteiger partial charge on any atom is 0.250 e. The van der Waals surface area contributed by atoms with Gasteiger partial charge in [-0.05, 0) is 38.2 Å². The van der Waals surface area contributed by atoms with E-state index in [2.05, 4.69) is 41.7 Å². The van der Waals surface area contributed by atoms with Gasteiger partial charge in [-0.25, -0.2) is 5.43 Å². The van der Waals surface area contributed by atoms with Crippen LogP contribution in [0.5, 0.6) is 0 Å². The molecule has 1 aromatic rings. The van der Waals surface area contributed by atoms with E-state index >= 15 is 0 Å². The lowest BCUT2D eigenvalue weighted by Gasteiger charge is -2.03. The second-order valence-corrected chi connectivity index (χ2v) is 5.88. The Balaban J connectivity index is 1.66. The Labute approximate surface area is 118 Å². The fraction of sp³-hybridized carbons (Fsp3) is 0.467. The Hall–Kier alpha value is -1.29. The second kappa shape index (κ2) is 7.34. The summed E-state index contributed by atoms with van der Waals surface area (Å²) in [6.45, 7) is 2.08. The third-order valence-electron chi connectivity index (χ3n) is 3.14. The van der Waals surface area contributed by atoms with Gasteiger partial charge in [-0.2, -0.15) is 5.10 Å². The molecule has 2 rings (SSSR count). The first-order valence-corrected chi connectivity index (χ1v) is 7.87. The molecule has 102 valence electrons. The first-order valence-electron chi connectivity index (χ1n) is 6.71. The lowest BCUT2D eigenvalue weighted by molar-refractivity contribution is -0.118. The number of aryl methyl sites for hydroxylation is 1. The van der Waals surface area contributed by atoms with E-state index in [1.807, 2.05) is 0 Å². The molecule has 19 heavy (non-hydrogen) atoms. The lowest BCUT2D eigenvalue weighted by atomic mass is 10.2.